The second-order valence-electron chi connectivity index (χ2n) is 3.61. The third kappa shape index (κ3) is 3.34. The van der Waals surface area contributed by atoms with Crippen LogP contribution in [0.3, 0.4) is 0 Å². The number of allylic oxidation sites excluding steroid dienone is 1. The van der Waals surface area contributed by atoms with Crippen molar-refractivity contribution in [3.8, 4) is 11.8 Å². The van der Waals surface area contributed by atoms with E-state index in [1.54, 1.807) is 6.07 Å². The normalized spacial score (nSPS) is 11.1. The highest BCUT2D eigenvalue weighted by Gasteiger charge is 2.15. The first kappa shape index (κ1) is 15.8. The van der Waals surface area contributed by atoms with Gasteiger partial charge in [0.05, 0.1) is 22.3 Å². The molecule has 0 saturated carbocycles. The lowest BCUT2D eigenvalue weighted by molar-refractivity contribution is 0.416. The summed E-state index contributed by atoms with van der Waals surface area (Å²) in [6.45, 7) is 0. The van der Waals surface area contributed by atoms with Gasteiger partial charge >= 0.3 is 0 Å². The van der Waals surface area contributed by atoms with Crippen molar-refractivity contribution < 1.29 is 4.74 Å². The molecule has 0 aliphatic carbocycles. The van der Waals surface area contributed by atoms with E-state index in [0.717, 1.165) is 0 Å². The van der Waals surface area contributed by atoms with E-state index in [4.69, 9.17) is 21.6 Å². The molecule has 0 bridgehead atoms. The number of aromatic nitrogens is 4. The van der Waals surface area contributed by atoms with Crippen LogP contribution in [0.15, 0.2) is 21.2 Å². The number of halogens is 3. The van der Waals surface area contributed by atoms with Gasteiger partial charge in [-0.05, 0) is 43.1 Å². The number of rotatable bonds is 4. The Morgan fingerprint density at radius 2 is 2.33 bits per heavy atom. The largest absolute Gasteiger partial charge is 0.494 e. The molecule has 0 radical (unpaired) electrons. The number of aromatic amines is 1. The van der Waals surface area contributed by atoms with Gasteiger partial charge in [0.2, 0.25) is 5.82 Å². The number of benzene rings is 1. The number of H-pyrrole nitrogens is 1. The van der Waals surface area contributed by atoms with Gasteiger partial charge in [0.15, 0.2) is 0 Å². The number of nitriles is 1. The van der Waals surface area contributed by atoms with E-state index in [0.29, 0.717) is 25.4 Å². The minimum atomic E-state index is 0.184. The molecule has 10 heteroatoms. The smallest absolute Gasteiger partial charge is 0.216 e. The van der Waals surface area contributed by atoms with Crippen LogP contribution in [0, 0.1) is 11.3 Å². The average Bonchev–Trinajstić information content (AvgIpc) is 3.01. The Morgan fingerprint density at radius 1 is 1.57 bits per heavy atom. The van der Waals surface area contributed by atoms with Crippen LogP contribution in [0.1, 0.15) is 5.82 Å². The van der Waals surface area contributed by atoms with Gasteiger partial charge in [-0.25, -0.2) is 0 Å². The van der Waals surface area contributed by atoms with Gasteiger partial charge in [-0.1, -0.05) is 11.6 Å². The number of hydrogen-bond donors (Lipinski definition) is 2. The van der Waals surface area contributed by atoms with Crippen molar-refractivity contribution in [1.29, 1.82) is 5.26 Å². The molecule has 1 aromatic heterocycles. The molecular formula is C11H7Br2ClN6O. The third-order valence-electron chi connectivity index (χ3n) is 2.41. The van der Waals surface area contributed by atoms with Gasteiger partial charge in [-0.3, -0.25) is 0 Å². The van der Waals surface area contributed by atoms with Crippen LogP contribution in [0.2, 0.25) is 5.02 Å². The molecule has 2 aromatic rings. The first-order valence-electron chi connectivity index (χ1n) is 5.40. The summed E-state index contributed by atoms with van der Waals surface area (Å²) in [5.41, 5.74) is 0.777. The zero-order chi connectivity index (χ0) is 15.4. The minimum absolute atomic E-state index is 0.184. The summed E-state index contributed by atoms with van der Waals surface area (Å²) in [7, 11) is 1.53. The predicted octanol–water partition coefficient (Wildman–Crippen LogP) is 3.36. The van der Waals surface area contributed by atoms with Crippen molar-refractivity contribution >= 4 is 54.7 Å². The van der Waals surface area contributed by atoms with Gasteiger partial charge in [0.1, 0.15) is 17.4 Å². The zero-order valence-corrected chi connectivity index (χ0v) is 14.4. The van der Waals surface area contributed by atoms with E-state index in [1.807, 2.05) is 6.07 Å². The van der Waals surface area contributed by atoms with Crippen LogP contribution in [-0.4, -0.2) is 27.7 Å². The van der Waals surface area contributed by atoms with E-state index in [-0.39, 0.29) is 11.4 Å². The molecule has 0 saturated heterocycles. The Kier molecular flexibility index (Phi) is 5.17. The molecule has 0 amide bonds. The van der Waals surface area contributed by atoms with Gasteiger partial charge in [-0.15, -0.1) is 10.2 Å². The molecule has 7 nitrogen and oxygen atoms in total. The average molecular weight is 434 g/mol. The number of nitrogens with zero attached hydrogens (tertiary/aromatic N) is 4. The Hall–Kier alpha value is -1.63. The van der Waals surface area contributed by atoms with Crippen LogP contribution in [0.25, 0.3) is 5.57 Å². The first-order chi connectivity index (χ1) is 10.1. The molecule has 1 heterocycles. The molecule has 2 rings (SSSR count). The predicted molar refractivity (Wildman–Crippen MR) is 84.8 cm³/mol. The van der Waals surface area contributed by atoms with E-state index in [1.165, 1.54) is 13.3 Å². The molecule has 21 heavy (non-hydrogen) atoms. The van der Waals surface area contributed by atoms with Crippen LogP contribution < -0.4 is 10.1 Å². The van der Waals surface area contributed by atoms with Crippen molar-refractivity contribution in [2.24, 2.45) is 0 Å². The van der Waals surface area contributed by atoms with Crippen molar-refractivity contribution in [2.45, 2.75) is 0 Å². The lowest BCUT2D eigenvalue weighted by Crippen LogP contribution is -1.98. The standard InChI is InChI=1S/C11H7Br2ClN6O/c1-21-7-2-6(12)9(14)8(13)10(7)16-4-5(3-15)11-17-19-20-18-11/h2,4,16H,1H3,(H,17,18,19,20). The number of ether oxygens (including phenoxy) is 1. The number of hydrogen-bond acceptors (Lipinski definition) is 6. The SMILES string of the molecule is COc1cc(Br)c(Cl)c(Br)c1NC=C(C#N)c1nn[nH]n1. The van der Waals surface area contributed by atoms with E-state index >= 15 is 0 Å². The Labute approximate surface area is 141 Å². The summed E-state index contributed by atoms with van der Waals surface area (Å²) in [5, 5.41) is 25.7. The number of nitrogens with one attached hydrogen (secondary N) is 2. The summed E-state index contributed by atoms with van der Waals surface area (Å²) < 4.78 is 6.55. The fourth-order valence-electron chi connectivity index (χ4n) is 1.44. The molecule has 0 aliphatic rings. The molecule has 108 valence electrons. The summed E-state index contributed by atoms with van der Waals surface area (Å²) in [4.78, 5) is 0. The quantitative estimate of drug-likeness (QED) is 0.566. The van der Waals surface area contributed by atoms with Gasteiger partial charge in [0.25, 0.3) is 0 Å². The lowest BCUT2D eigenvalue weighted by Gasteiger charge is -2.13. The molecule has 1 aromatic carbocycles. The molecule has 0 atom stereocenters. The van der Waals surface area contributed by atoms with Crippen LogP contribution >= 0.6 is 43.5 Å². The second-order valence-corrected chi connectivity index (χ2v) is 5.64. The Balaban J connectivity index is 2.40. The molecule has 0 unspecified atom stereocenters. The van der Waals surface area contributed by atoms with E-state index in [9.17, 15) is 0 Å². The highest BCUT2D eigenvalue weighted by atomic mass is 79.9. The maximum absolute atomic E-state index is 9.11. The van der Waals surface area contributed by atoms with Gasteiger partial charge in [0, 0.05) is 10.7 Å². The molecule has 0 aliphatic heterocycles. The van der Waals surface area contributed by atoms with Crippen molar-refractivity contribution in [1.82, 2.24) is 20.6 Å². The summed E-state index contributed by atoms with van der Waals surface area (Å²) in [6, 6.07) is 3.68. The lowest BCUT2D eigenvalue weighted by atomic mass is 10.2. The molecule has 0 fully saturated rings. The van der Waals surface area contributed by atoms with Crippen molar-refractivity contribution in [3.05, 3.63) is 32.1 Å². The number of tetrazole rings is 1. The van der Waals surface area contributed by atoms with Crippen molar-refractivity contribution in [3.63, 3.8) is 0 Å². The van der Waals surface area contributed by atoms with E-state index in [2.05, 4.69) is 57.8 Å². The molecule has 0 spiro atoms. The van der Waals surface area contributed by atoms with Crippen molar-refractivity contribution in [2.75, 3.05) is 12.4 Å². The zero-order valence-electron chi connectivity index (χ0n) is 10.5. The third-order valence-corrected chi connectivity index (χ3v) is 4.68. The fourth-order valence-corrected chi connectivity index (χ4v) is 2.78. The fraction of sp³-hybridized carbons (Fsp3) is 0.0909. The Bertz CT molecular complexity index is 725. The van der Waals surface area contributed by atoms with Crippen LogP contribution in [0.5, 0.6) is 5.75 Å². The maximum atomic E-state index is 9.11. The summed E-state index contributed by atoms with van der Waals surface area (Å²) in [5.74, 6) is 0.725. The van der Waals surface area contributed by atoms with Crippen LogP contribution in [-0.2, 0) is 0 Å². The van der Waals surface area contributed by atoms with Crippen LogP contribution in [0.4, 0.5) is 5.69 Å². The number of anilines is 1. The summed E-state index contributed by atoms with van der Waals surface area (Å²) in [6.07, 6.45) is 1.44. The van der Waals surface area contributed by atoms with E-state index < -0.39 is 0 Å². The van der Waals surface area contributed by atoms with Gasteiger partial charge in [-0.2, -0.15) is 10.5 Å². The molecule has 2 N–H and O–H groups in total. The highest BCUT2D eigenvalue weighted by Crippen LogP contribution is 2.42. The molecular weight excluding hydrogens is 427 g/mol. The second kappa shape index (κ2) is 6.89. The minimum Gasteiger partial charge on any atom is -0.494 e. The maximum Gasteiger partial charge on any atom is 0.216 e. The van der Waals surface area contributed by atoms with Gasteiger partial charge < -0.3 is 10.1 Å². The topological polar surface area (TPSA) is 99.5 Å². The number of methoxy groups -OCH3 is 1. The Morgan fingerprint density at radius 3 is 2.90 bits per heavy atom. The summed E-state index contributed by atoms with van der Waals surface area (Å²) >= 11 is 12.9. The highest BCUT2D eigenvalue weighted by molar-refractivity contribution is 9.11. The monoisotopic (exact) mass is 432 g/mol. The first-order valence-corrected chi connectivity index (χ1v) is 7.37.